The van der Waals surface area contributed by atoms with Gasteiger partial charge in [-0.25, -0.2) is 0 Å². The third-order valence-electron chi connectivity index (χ3n) is 12.6. The van der Waals surface area contributed by atoms with Crippen molar-refractivity contribution in [2.75, 3.05) is 9.80 Å². The largest absolute Gasteiger partial charge is 0.310 e. The van der Waals surface area contributed by atoms with Crippen molar-refractivity contribution in [2.45, 2.75) is 5.41 Å². The maximum atomic E-state index is 2.50. The minimum absolute atomic E-state index is 0.572. The first-order valence-corrected chi connectivity index (χ1v) is 20.4. The van der Waals surface area contributed by atoms with Crippen molar-refractivity contribution >= 4 is 55.7 Å². The number of fused-ring (bicyclic) bond motifs is 11. The van der Waals surface area contributed by atoms with Crippen LogP contribution in [-0.2, 0) is 5.41 Å². The van der Waals surface area contributed by atoms with Gasteiger partial charge >= 0.3 is 0 Å². The molecule has 0 N–H and O–H groups in total. The van der Waals surface area contributed by atoms with Crippen molar-refractivity contribution in [1.29, 1.82) is 0 Å². The first-order valence-electron chi connectivity index (χ1n) is 20.4. The van der Waals surface area contributed by atoms with Crippen molar-refractivity contribution in [3.63, 3.8) is 0 Å². The number of hydrogen-bond donors (Lipinski definition) is 0. The van der Waals surface area contributed by atoms with Gasteiger partial charge in [-0.05, 0) is 104 Å². The summed E-state index contributed by atoms with van der Waals surface area (Å²) < 4.78 is 0. The predicted octanol–water partition coefficient (Wildman–Crippen LogP) is 15.3. The number of rotatable bonds is 5. The fourth-order valence-corrected chi connectivity index (χ4v) is 10.2. The molecular formula is C57H38N2. The zero-order chi connectivity index (χ0) is 38.9. The second-order valence-electron chi connectivity index (χ2n) is 15.6. The van der Waals surface area contributed by atoms with Gasteiger partial charge in [0.1, 0.15) is 0 Å². The number of nitrogens with zero attached hydrogens (tertiary/aromatic N) is 2. The van der Waals surface area contributed by atoms with Crippen LogP contribution in [0.2, 0.25) is 0 Å². The van der Waals surface area contributed by atoms with E-state index in [1.165, 1.54) is 83.1 Å². The van der Waals surface area contributed by atoms with E-state index in [0.29, 0.717) is 0 Å². The second kappa shape index (κ2) is 13.2. The summed E-state index contributed by atoms with van der Waals surface area (Å²) in [5.74, 6) is 0. The molecule has 12 rings (SSSR count). The highest BCUT2D eigenvalue weighted by molar-refractivity contribution is 6.04. The van der Waals surface area contributed by atoms with Crippen LogP contribution in [0.15, 0.2) is 231 Å². The van der Waals surface area contributed by atoms with Crippen LogP contribution in [0, 0.1) is 0 Å². The SMILES string of the molecule is c1ccc(-c2ccc(N(c3ccc4c(c3)C3(c5ccccc5-4)c4ccccc4N(c4cccc5ccccc45)c4ccccc43)c3cccc4ccccc34)cc2)cc1. The van der Waals surface area contributed by atoms with Crippen LogP contribution in [-0.4, -0.2) is 0 Å². The lowest BCUT2D eigenvalue weighted by Crippen LogP contribution is -2.36. The molecule has 2 nitrogen and oxygen atoms in total. The molecule has 0 unspecified atom stereocenters. The van der Waals surface area contributed by atoms with E-state index < -0.39 is 5.41 Å². The molecule has 2 heteroatoms. The van der Waals surface area contributed by atoms with Crippen molar-refractivity contribution in [3.8, 4) is 22.3 Å². The number of hydrogen-bond acceptors (Lipinski definition) is 2. The van der Waals surface area contributed by atoms with Crippen molar-refractivity contribution in [1.82, 2.24) is 0 Å². The molecule has 59 heavy (non-hydrogen) atoms. The molecule has 2 aliphatic rings. The number of anilines is 6. The molecule has 0 saturated heterocycles. The molecule has 276 valence electrons. The molecular weight excluding hydrogens is 713 g/mol. The summed E-state index contributed by atoms with van der Waals surface area (Å²) in [5, 5.41) is 4.88. The van der Waals surface area contributed by atoms with Gasteiger partial charge < -0.3 is 9.80 Å². The van der Waals surface area contributed by atoms with Crippen molar-refractivity contribution in [2.24, 2.45) is 0 Å². The van der Waals surface area contributed by atoms with Gasteiger partial charge in [-0.2, -0.15) is 0 Å². The third kappa shape index (κ3) is 4.93. The quantitative estimate of drug-likeness (QED) is 0.173. The Hall–Kier alpha value is -7.68. The molecule has 0 atom stereocenters. The summed E-state index contributed by atoms with van der Waals surface area (Å²) in [6.07, 6.45) is 0. The van der Waals surface area contributed by atoms with Crippen LogP contribution in [0.4, 0.5) is 34.1 Å². The standard InChI is InChI=1S/C57H38N2/c1-2-16-39(17-3-1)40-32-34-43(35-33-40)58(53-30-14-20-41-18-4-6-22-45(41)53)44-36-37-48-47-24-8-9-25-49(47)57(52(48)38-44)50-26-10-12-28-55(50)59(56-29-13-11-27-51(56)57)54-31-15-21-42-19-5-7-23-46(42)54/h1-38H. The molecule has 1 spiro atoms. The Labute approximate surface area is 344 Å². The first kappa shape index (κ1) is 33.5. The van der Waals surface area contributed by atoms with E-state index in [0.717, 1.165) is 17.1 Å². The van der Waals surface area contributed by atoms with Crippen molar-refractivity contribution in [3.05, 3.63) is 253 Å². The molecule has 1 heterocycles. The van der Waals surface area contributed by atoms with Gasteiger partial charge in [-0.3, -0.25) is 0 Å². The van der Waals surface area contributed by atoms with E-state index in [1.54, 1.807) is 0 Å². The maximum Gasteiger partial charge on any atom is 0.0755 e. The van der Waals surface area contributed by atoms with E-state index in [9.17, 15) is 0 Å². The van der Waals surface area contributed by atoms with Crippen LogP contribution in [0.25, 0.3) is 43.8 Å². The van der Waals surface area contributed by atoms with Gasteiger partial charge in [0.25, 0.3) is 0 Å². The Kier molecular flexibility index (Phi) is 7.48. The molecule has 0 fully saturated rings. The molecule has 0 amide bonds. The van der Waals surface area contributed by atoms with Gasteiger partial charge in [-0.1, -0.05) is 182 Å². The molecule has 10 aromatic carbocycles. The molecule has 0 radical (unpaired) electrons. The lowest BCUT2D eigenvalue weighted by molar-refractivity contribution is 0.753. The van der Waals surface area contributed by atoms with E-state index in [4.69, 9.17) is 0 Å². The van der Waals surface area contributed by atoms with Gasteiger partial charge in [-0.15, -0.1) is 0 Å². The van der Waals surface area contributed by atoms with Crippen LogP contribution in [0.5, 0.6) is 0 Å². The van der Waals surface area contributed by atoms with E-state index >= 15 is 0 Å². The Bertz CT molecular complexity index is 3180. The zero-order valence-electron chi connectivity index (χ0n) is 32.3. The van der Waals surface area contributed by atoms with Crippen molar-refractivity contribution < 1.29 is 0 Å². The van der Waals surface area contributed by atoms with Gasteiger partial charge in [0.15, 0.2) is 0 Å². The fraction of sp³-hybridized carbons (Fsp3) is 0.0175. The summed E-state index contributed by atoms with van der Waals surface area (Å²) >= 11 is 0. The average molecular weight is 751 g/mol. The number of para-hydroxylation sites is 2. The Morgan fingerprint density at radius 2 is 0.831 bits per heavy atom. The Balaban J connectivity index is 1.13. The fourth-order valence-electron chi connectivity index (χ4n) is 10.2. The van der Waals surface area contributed by atoms with E-state index in [1.807, 2.05) is 0 Å². The lowest BCUT2D eigenvalue weighted by Gasteiger charge is -2.45. The summed E-state index contributed by atoms with van der Waals surface area (Å²) in [7, 11) is 0. The zero-order valence-corrected chi connectivity index (χ0v) is 32.3. The highest BCUT2D eigenvalue weighted by Gasteiger charge is 2.52. The normalized spacial score (nSPS) is 13.2. The average Bonchev–Trinajstić information content (AvgIpc) is 3.60. The second-order valence-corrected chi connectivity index (χ2v) is 15.6. The van der Waals surface area contributed by atoms with Crippen LogP contribution < -0.4 is 9.80 Å². The lowest BCUT2D eigenvalue weighted by atomic mass is 9.64. The minimum atomic E-state index is -0.572. The highest BCUT2D eigenvalue weighted by Crippen LogP contribution is 2.64. The van der Waals surface area contributed by atoms with E-state index in [-0.39, 0.29) is 0 Å². The minimum Gasteiger partial charge on any atom is -0.310 e. The summed E-state index contributed by atoms with van der Waals surface area (Å²) in [4.78, 5) is 4.95. The molecule has 10 aromatic rings. The van der Waals surface area contributed by atoms with Crippen LogP contribution in [0.3, 0.4) is 0 Å². The van der Waals surface area contributed by atoms with Gasteiger partial charge in [0, 0.05) is 22.1 Å². The van der Waals surface area contributed by atoms with Gasteiger partial charge in [0.2, 0.25) is 0 Å². The van der Waals surface area contributed by atoms with Crippen LogP contribution >= 0.6 is 0 Å². The number of benzene rings is 10. The van der Waals surface area contributed by atoms with E-state index in [2.05, 4.69) is 240 Å². The molecule has 0 aromatic heterocycles. The smallest absolute Gasteiger partial charge is 0.0755 e. The predicted molar refractivity (Wildman–Crippen MR) is 247 cm³/mol. The van der Waals surface area contributed by atoms with Crippen LogP contribution in [0.1, 0.15) is 22.3 Å². The summed E-state index contributed by atoms with van der Waals surface area (Å²) in [6.45, 7) is 0. The molecule has 0 saturated carbocycles. The Morgan fingerprint density at radius 1 is 0.322 bits per heavy atom. The topological polar surface area (TPSA) is 6.48 Å². The van der Waals surface area contributed by atoms with Gasteiger partial charge in [0.05, 0.1) is 28.2 Å². The molecule has 1 aliphatic heterocycles. The molecule has 0 bridgehead atoms. The third-order valence-corrected chi connectivity index (χ3v) is 12.6. The summed E-state index contributed by atoms with van der Waals surface area (Å²) in [5.41, 5.74) is 16.5. The monoisotopic (exact) mass is 750 g/mol. The Morgan fingerprint density at radius 3 is 1.58 bits per heavy atom. The summed E-state index contributed by atoms with van der Waals surface area (Å²) in [6, 6.07) is 84.9. The first-order chi connectivity index (χ1) is 29.3. The highest BCUT2D eigenvalue weighted by atomic mass is 15.2. The maximum absolute atomic E-state index is 2.50. The molecule has 1 aliphatic carbocycles.